The number of fused-ring (bicyclic) bond motifs is 1. The third-order valence-electron chi connectivity index (χ3n) is 5.10. The van der Waals surface area contributed by atoms with Gasteiger partial charge < -0.3 is 0 Å². The summed E-state index contributed by atoms with van der Waals surface area (Å²) in [6.07, 6.45) is 10.1. The van der Waals surface area contributed by atoms with Gasteiger partial charge in [-0.05, 0) is 49.9 Å². The number of ketones is 1. The van der Waals surface area contributed by atoms with E-state index in [2.05, 4.69) is 6.92 Å². The Bertz CT molecular complexity index is 246. The summed E-state index contributed by atoms with van der Waals surface area (Å²) in [6.45, 7) is 4.35. The first-order valence-electron chi connectivity index (χ1n) is 7.27. The van der Waals surface area contributed by atoms with Crippen molar-refractivity contribution >= 4 is 5.78 Å². The highest BCUT2D eigenvalue weighted by Crippen LogP contribution is 2.45. The second-order valence-electron chi connectivity index (χ2n) is 5.94. The van der Waals surface area contributed by atoms with Crippen LogP contribution in [0.4, 0.5) is 0 Å². The van der Waals surface area contributed by atoms with Crippen LogP contribution >= 0.6 is 0 Å². The minimum absolute atomic E-state index is 0.421. The molecule has 0 aliphatic heterocycles. The monoisotopic (exact) mass is 222 g/mol. The molecule has 0 aromatic rings. The normalized spacial score (nSPS) is 39.1. The lowest BCUT2D eigenvalue weighted by molar-refractivity contribution is -0.124. The molecule has 0 aromatic heterocycles. The zero-order valence-corrected chi connectivity index (χ0v) is 10.9. The van der Waals surface area contributed by atoms with Crippen LogP contribution in [0.25, 0.3) is 0 Å². The minimum Gasteiger partial charge on any atom is -0.299 e. The molecule has 0 spiro atoms. The molecule has 0 saturated heterocycles. The Labute approximate surface area is 100.0 Å². The second-order valence-corrected chi connectivity index (χ2v) is 5.94. The predicted octanol–water partition coefficient (Wildman–Crippen LogP) is 4.21. The molecule has 0 bridgehead atoms. The fourth-order valence-electron chi connectivity index (χ4n) is 3.94. The minimum atomic E-state index is 0.421. The van der Waals surface area contributed by atoms with Crippen LogP contribution in [0.15, 0.2) is 0 Å². The summed E-state index contributed by atoms with van der Waals surface area (Å²) in [5.74, 6) is 3.77. The first kappa shape index (κ1) is 12.1. The molecule has 1 nitrogen and oxygen atoms in total. The average molecular weight is 222 g/mol. The Balaban J connectivity index is 1.90. The summed E-state index contributed by atoms with van der Waals surface area (Å²) in [5, 5.41) is 0. The summed E-state index contributed by atoms with van der Waals surface area (Å²) in [4.78, 5) is 11.8. The van der Waals surface area contributed by atoms with E-state index in [0.29, 0.717) is 11.7 Å². The summed E-state index contributed by atoms with van der Waals surface area (Å²) in [6, 6.07) is 0. The van der Waals surface area contributed by atoms with Crippen LogP contribution in [0, 0.1) is 23.7 Å². The molecule has 2 rings (SSSR count). The van der Waals surface area contributed by atoms with E-state index in [-0.39, 0.29) is 0 Å². The standard InChI is InChI=1S/C15H26O/c1-3-11-5-6-13-10-14(15(16)4-2)8-7-12(13)9-11/h11-14H,3-10H2,1-2H3/t11?,12-,13?,14-/m1/s1. The Kier molecular flexibility index (Phi) is 4.05. The number of Topliss-reactive ketones (excluding diaryl/α,β-unsaturated/α-hetero) is 1. The summed E-state index contributed by atoms with van der Waals surface area (Å²) < 4.78 is 0. The van der Waals surface area contributed by atoms with Gasteiger partial charge in [-0.25, -0.2) is 0 Å². The van der Waals surface area contributed by atoms with E-state index in [0.717, 1.165) is 24.2 Å². The van der Waals surface area contributed by atoms with Crippen molar-refractivity contribution in [3.05, 3.63) is 0 Å². The fourth-order valence-corrected chi connectivity index (χ4v) is 3.94. The number of carbonyl (C=O) groups excluding carboxylic acids is 1. The quantitative estimate of drug-likeness (QED) is 0.699. The molecular formula is C15H26O. The highest BCUT2D eigenvalue weighted by molar-refractivity contribution is 5.80. The third-order valence-corrected chi connectivity index (χ3v) is 5.10. The van der Waals surface area contributed by atoms with Crippen molar-refractivity contribution in [1.29, 1.82) is 0 Å². The molecular weight excluding hydrogens is 196 g/mol. The zero-order valence-electron chi connectivity index (χ0n) is 10.9. The lowest BCUT2D eigenvalue weighted by Crippen LogP contribution is -2.33. The molecule has 2 aliphatic rings. The Morgan fingerprint density at radius 1 is 1.00 bits per heavy atom. The third kappa shape index (κ3) is 2.49. The molecule has 16 heavy (non-hydrogen) atoms. The Morgan fingerprint density at radius 3 is 2.38 bits per heavy atom. The van der Waals surface area contributed by atoms with Crippen LogP contribution in [-0.2, 0) is 4.79 Å². The maximum absolute atomic E-state index is 11.8. The number of hydrogen-bond acceptors (Lipinski definition) is 1. The fraction of sp³-hybridized carbons (Fsp3) is 0.933. The van der Waals surface area contributed by atoms with E-state index in [9.17, 15) is 4.79 Å². The number of carbonyl (C=O) groups is 1. The van der Waals surface area contributed by atoms with Gasteiger partial charge in [0.15, 0.2) is 0 Å². The van der Waals surface area contributed by atoms with Crippen molar-refractivity contribution in [1.82, 2.24) is 0 Å². The van der Waals surface area contributed by atoms with Gasteiger partial charge in [-0.3, -0.25) is 4.79 Å². The number of rotatable bonds is 3. The van der Waals surface area contributed by atoms with Crippen molar-refractivity contribution < 1.29 is 4.79 Å². The van der Waals surface area contributed by atoms with Gasteiger partial charge in [0.1, 0.15) is 5.78 Å². The van der Waals surface area contributed by atoms with Crippen LogP contribution < -0.4 is 0 Å². The molecule has 2 fully saturated rings. The molecule has 2 saturated carbocycles. The largest absolute Gasteiger partial charge is 0.299 e. The average Bonchev–Trinajstić information content (AvgIpc) is 2.36. The Hall–Kier alpha value is -0.330. The van der Waals surface area contributed by atoms with Gasteiger partial charge in [-0.15, -0.1) is 0 Å². The lowest BCUT2D eigenvalue weighted by atomic mass is 9.64. The number of hydrogen-bond donors (Lipinski definition) is 0. The van der Waals surface area contributed by atoms with Crippen molar-refractivity contribution in [2.45, 2.75) is 65.2 Å². The van der Waals surface area contributed by atoms with Crippen molar-refractivity contribution in [3.63, 3.8) is 0 Å². The van der Waals surface area contributed by atoms with Crippen LogP contribution in [0.1, 0.15) is 65.2 Å². The van der Waals surface area contributed by atoms with Gasteiger partial charge in [0.2, 0.25) is 0 Å². The van der Waals surface area contributed by atoms with Crippen LogP contribution in [-0.4, -0.2) is 5.78 Å². The van der Waals surface area contributed by atoms with E-state index in [1.807, 2.05) is 6.92 Å². The SMILES string of the molecule is CCC(=O)[C@@H]1CC[C@@H]2CC(CC)CCC2C1. The van der Waals surface area contributed by atoms with Gasteiger partial charge >= 0.3 is 0 Å². The zero-order chi connectivity index (χ0) is 11.5. The van der Waals surface area contributed by atoms with Gasteiger partial charge in [0.25, 0.3) is 0 Å². The summed E-state index contributed by atoms with van der Waals surface area (Å²) in [7, 11) is 0. The van der Waals surface area contributed by atoms with E-state index in [1.54, 1.807) is 0 Å². The second kappa shape index (κ2) is 5.33. The first-order valence-corrected chi connectivity index (χ1v) is 7.27. The highest BCUT2D eigenvalue weighted by Gasteiger charge is 2.36. The molecule has 0 amide bonds. The van der Waals surface area contributed by atoms with Crippen molar-refractivity contribution in [3.8, 4) is 0 Å². The van der Waals surface area contributed by atoms with Crippen molar-refractivity contribution in [2.24, 2.45) is 23.7 Å². The highest BCUT2D eigenvalue weighted by atomic mass is 16.1. The molecule has 1 heteroatoms. The van der Waals surface area contributed by atoms with E-state index in [1.165, 1.54) is 44.9 Å². The molecule has 2 unspecified atom stereocenters. The van der Waals surface area contributed by atoms with Gasteiger partial charge in [-0.1, -0.05) is 26.7 Å². The molecule has 0 radical (unpaired) electrons. The smallest absolute Gasteiger partial charge is 0.135 e. The summed E-state index contributed by atoms with van der Waals surface area (Å²) in [5.41, 5.74) is 0. The lowest BCUT2D eigenvalue weighted by Gasteiger charge is -2.41. The molecule has 2 aliphatic carbocycles. The molecule has 4 atom stereocenters. The molecule has 0 aromatic carbocycles. The topological polar surface area (TPSA) is 17.1 Å². The van der Waals surface area contributed by atoms with Crippen LogP contribution in [0.2, 0.25) is 0 Å². The van der Waals surface area contributed by atoms with Crippen LogP contribution in [0.5, 0.6) is 0 Å². The molecule has 92 valence electrons. The first-order chi connectivity index (χ1) is 7.74. The van der Waals surface area contributed by atoms with E-state index in [4.69, 9.17) is 0 Å². The van der Waals surface area contributed by atoms with E-state index < -0.39 is 0 Å². The van der Waals surface area contributed by atoms with Crippen LogP contribution in [0.3, 0.4) is 0 Å². The maximum Gasteiger partial charge on any atom is 0.135 e. The van der Waals surface area contributed by atoms with E-state index >= 15 is 0 Å². The summed E-state index contributed by atoms with van der Waals surface area (Å²) >= 11 is 0. The van der Waals surface area contributed by atoms with Crippen molar-refractivity contribution in [2.75, 3.05) is 0 Å². The van der Waals surface area contributed by atoms with Gasteiger partial charge in [0.05, 0.1) is 0 Å². The van der Waals surface area contributed by atoms with Gasteiger partial charge in [-0.2, -0.15) is 0 Å². The maximum atomic E-state index is 11.8. The Morgan fingerprint density at radius 2 is 1.69 bits per heavy atom. The van der Waals surface area contributed by atoms with Gasteiger partial charge in [0, 0.05) is 12.3 Å². The molecule has 0 N–H and O–H groups in total. The molecule has 0 heterocycles. The predicted molar refractivity (Wildman–Crippen MR) is 67.3 cm³/mol.